The molecule has 0 radical (unpaired) electrons. The van der Waals surface area contributed by atoms with Crippen molar-refractivity contribution in [2.45, 2.75) is 19.4 Å². The van der Waals surface area contributed by atoms with E-state index in [0.717, 1.165) is 24.7 Å². The predicted octanol–water partition coefficient (Wildman–Crippen LogP) is 0.949. The van der Waals surface area contributed by atoms with Crippen molar-refractivity contribution >= 4 is 0 Å². The minimum absolute atomic E-state index is 0.404. The molecule has 0 bridgehead atoms. The summed E-state index contributed by atoms with van der Waals surface area (Å²) in [5.41, 5.74) is 2.33. The molecule has 0 aliphatic carbocycles. The molecule has 2 unspecified atom stereocenters. The van der Waals surface area contributed by atoms with Gasteiger partial charge in [0.25, 0.3) is 0 Å². The summed E-state index contributed by atoms with van der Waals surface area (Å²) in [6.07, 6.45) is 1.22. The summed E-state index contributed by atoms with van der Waals surface area (Å²) in [6, 6.07) is 0.404. The first-order valence-corrected chi connectivity index (χ1v) is 6.52. The van der Waals surface area contributed by atoms with Crippen molar-refractivity contribution in [2.24, 2.45) is 13.0 Å². The average molecular weight is 252 g/mol. The maximum absolute atomic E-state index is 5.54. The molecular formula is C13H24N4O. The van der Waals surface area contributed by atoms with Crippen molar-refractivity contribution < 1.29 is 4.74 Å². The number of hydrogen-bond donors (Lipinski definition) is 1. The number of rotatable bonds is 4. The lowest BCUT2D eigenvalue weighted by atomic mass is 9.93. The van der Waals surface area contributed by atoms with Crippen molar-refractivity contribution in [3.63, 3.8) is 0 Å². The molecule has 5 nitrogen and oxygen atoms in total. The summed E-state index contributed by atoms with van der Waals surface area (Å²) in [4.78, 5) is 2.41. The molecule has 0 aromatic carbocycles. The lowest BCUT2D eigenvalue weighted by molar-refractivity contribution is 0.262. The van der Waals surface area contributed by atoms with Gasteiger partial charge in [-0.25, -0.2) is 4.68 Å². The lowest BCUT2D eigenvalue weighted by Gasteiger charge is -2.25. The molecule has 1 N–H and O–H groups in total. The number of aromatic nitrogens is 2. The summed E-state index contributed by atoms with van der Waals surface area (Å²) in [6.45, 7) is 4.24. The molecule has 0 amide bonds. The highest BCUT2D eigenvalue weighted by Crippen LogP contribution is 2.41. The lowest BCUT2D eigenvalue weighted by Crippen LogP contribution is -2.27. The highest BCUT2D eigenvalue weighted by Gasteiger charge is 2.37. The minimum Gasteiger partial charge on any atom is -0.481 e. The van der Waals surface area contributed by atoms with E-state index in [1.807, 2.05) is 18.8 Å². The second-order valence-corrected chi connectivity index (χ2v) is 5.16. The van der Waals surface area contributed by atoms with E-state index in [0.29, 0.717) is 12.0 Å². The summed E-state index contributed by atoms with van der Waals surface area (Å²) in [7, 11) is 7.87. The molecule has 2 atom stereocenters. The van der Waals surface area contributed by atoms with Crippen LogP contribution < -0.4 is 10.1 Å². The predicted molar refractivity (Wildman–Crippen MR) is 71.9 cm³/mol. The largest absolute Gasteiger partial charge is 0.481 e. The summed E-state index contributed by atoms with van der Waals surface area (Å²) >= 11 is 0. The van der Waals surface area contributed by atoms with Gasteiger partial charge in [-0.2, -0.15) is 5.10 Å². The van der Waals surface area contributed by atoms with E-state index in [1.165, 1.54) is 12.0 Å². The van der Waals surface area contributed by atoms with Crippen LogP contribution in [0.25, 0.3) is 0 Å². The molecule has 102 valence electrons. The Kier molecular flexibility index (Phi) is 3.92. The minimum atomic E-state index is 0.404. The molecule has 1 aliphatic rings. The maximum atomic E-state index is 5.54. The standard InChI is InChI=1S/C13H24N4O/c1-9-11(13(18-5)17(4)15-9)12-10(8-14-2)6-7-16(12)3/h10,12,14H,6-8H2,1-5H3. The van der Waals surface area contributed by atoms with Gasteiger partial charge < -0.3 is 10.1 Å². The molecule has 0 saturated carbocycles. The molecule has 2 rings (SSSR count). The molecule has 0 spiro atoms. The normalized spacial score (nSPS) is 24.7. The van der Waals surface area contributed by atoms with Crippen LogP contribution in [0.15, 0.2) is 0 Å². The van der Waals surface area contributed by atoms with Gasteiger partial charge in [0.05, 0.1) is 18.4 Å². The fourth-order valence-corrected chi connectivity index (χ4v) is 3.19. The van der Waals surface area contributed by atoms with Gasteiger partial charge >= 0.3 is 0 Å². The number of aryl methyl sites for hydroxylation is 2. The van der Waals surface area contributed by atoms with Crippen LogP contribution in [0.4, 0.5) is 0 Å². The van der Waals surface area contributed by atoms with Crippen LogP contribution in [-0.2, 0) is 7.05 Å². The van der Waals surface area contributed by atoms with Gasteiger partial charge in [0.15, 0.2) is 0 Å². The Balaban J connectivity index is 2.39. The van der Waals surface area contributed by atoms with E-state index in [4.69, 9.17) is 4.74 Å². The molecule has 18 heavy (non-hydrogen) atoms. The van der Waals surface area contributed by atoms with Crippen LogP contribution in [0.5, 0.6) is 5.88 Å². The van der Waals surface area contributed by atoms with Gasteiger partial charge in [-0.15, -0.1) is 0 Å². The fourth-order valence-electron chi connectivity index (χ4n) is 3.19. The zero-order valence-corrected chi connectivity index (χ0v) is 12.0. The third-order valence-corrected chi connectivity index (χ3v) is 3.94. The van der Waals surface area contributed by atoms with Crippen molar-refractivity contribution in [1.29, 1.82) is 0 Å². The van der Waals surface area contributed by atoms with Crippen molar-refractivity contribution in [3.8, 4) is 5.88 Å². The van der Waals surface area contributed by atoms with Crippen molar-refractivity contribution in [3.05, 3.63) is 11.3 Å². The Hall–Kier alpha value is -1.07. The second kappa shape index (κ2) is 5.28. The van der Waals surface area contributed by atoms with Gasteiger partial charge in [-0.3, -0.25) is 4.90 Å². The Morgan fingerprint density at radius 2 is 2.17 bits per heavy atom. The highest BCUT2D eigenvalue weighted by atomic mass is 16.5. The van der Waals surface area contributed by atoms with E-state index >= 15 is 0 Å². The van der Waals surface area contributed by atoms with Crippen LogP contribution in [-0.4, -0.2) is 49.0 Å². The number of hydrogen-bond acceptors (Lipinski definition) is 4. The van der Waals surface area contributed by atoms with Gasteiger partial charge in [-0.1, -0.05) is 0 Å². The van der Waals surface area contributed by atoms with Crippen LogP contribution in [0.2, 0.25) is 0 Å². The summed E-state index contributed by atoms with van der Waals surface area (Å²) in [5, 5.41) is 7.80. The third-order valence-electron chi connectivity index (χ3n) is 3.94. The highest BCUT2D eigenvalue weighted by molar-refractivity contribution is 5.35. The Morgan fingerprint density at radius 3 is 2.78 bits per heavy atom. The van der Waals surface area contributed by atoms with Gasteiger partial charge in [0, 0.05) is 13.1 Å². The number of likely N-dealkylation sites (tertiary alicyclic amines) is 1. The topological polar surface area (TPSA) is 42.3 Å². The van der Waals surface area contributed by atoms with E-state index in [2.05, 4.69) is 29.3 Å². The van der Waals surface area contributed by atoms with Gasteiger partial charge in [0.1, 0.15) is 0 Å². The zero-order chi connectivity index (χ0) is 13.3. The number of nitrogens with one attached hydrogen (secondary N) is 1. The molecule has 2 heterocycles. The third kappa shape index (κ3) is 2.12. The van der Waals surface area contributed by atoms with E-state index in [9.17, 15) is 0 Å². The first kappa shape index (κ1) is 13.4. The van der Waals surface area contributed by atoms with Crippen LogP contribution in [0.3, 0.4) is 0 Å². The Labute approximate surface area is 109 Å². The molecule has 1 aromatic heterocycles. The fraction of sp³-hybridized carbons (Fsp3) is 0.769. The summed E-state index contributed by atoms with van der Waals surface area (Å²) in [5.74, 6) is 1.52. The van der Waals surface area contributed by atoms with Gasteiger partial charge in [0.2, 0.25) is 5.88 Å². The molecule has 1 saturated heterocycles. The first-order chi connectivity index (χ1) is 8.60. The quantitative estimate of drug-likeness (QED) is 0.866. The van der Waals surface area contributed by atoms with Crippen molar-refractivity contribution in [1.82, 2.24) is 20.0 Å². The first-order valence-electron chi connectivity index (χ1n) is 6.52. The monoisotopic (exact) mass is 252 g/mol. The number of ether oxygens (including phenoxy) is 1. The number of nitrogens with zero attached hydrogens (tertiary/aromatic N) is 3. The zero-order valence-electron chi connectivity index (χ0n) is 12.0. The van der Waals surface area contributed by atoms with Crippen LogP contribution in [0, 0.1) is 12.8 Å². The average Bonchev–Trinajstić information content (AvgIpc) is 2.80. The van der Waals surface area contributed by atoms with Gasteiger partial charge in [-0.05, 0) is 46.4 Å². The van der Waals surface area contributed by atoms with Crippen LogP contribution >= 0.6 is 0 Å². The molecular weight excluding hydrogens is 228 g/mol. The molecule has 1 aliphatic heterocycles. The number of methoxy groups -OCH3 is 1. The molecule has 1 aromatic rings. The Bertz CT molecular complexity index is 413. The van der Waals surface area contributed by atoms with E-state index in [1.54, 1.807) is 7.11 Å². The Morgan fingerprint density at radius 1 is 1.44 bits per heavy atom. The second-order valence-electron chi connectivity index (χ2n) is 5.16. The SMILES string of the molecule is CNCC1CCN(C)C1c1c(C)nn(C)c1OC. The summed E-state index contributed by atoms with van der Waals surface area (Å²) < 4.78 is 7.38. The van der Waals surface area contributed by atoms with Crippen molar-refractivity contribution in [2.75, 3.05) is 34.3 Å². The van der Waals surface area contributed by atoms with Crippen LogP contribution in [0.1, 0.15) is 23.7 Å². The smallest absolute Gasteiger partial charge is 0.216 e. The maximum Gasteiger partial charge on any atom is 0.216 e. The van der Waals surface area contributed by atoms with E-state index < -0.39 is 0 Å². The van der Waals surface area contributed by atoms with E-state index in [-0.39, 0.29) is 0 Å². The molecule has 1 fully saturated rings. The molecule has 5 heteroatoms.